The summed E-state index contributed by atoms with van der Waals surface area (Å²) in [5.74, 6) is 0.00719. The van der Waals surface area contributed by atoms with E-state index in [9.17, 15) is 4.79 Å². The molecule has 0 aliphatic carbocycles. The van der Waals surface area contributed by atoms with Gasteiger partial charge in [-0.25, -0.2) is 0 Å². The Bertz CT molecular complexity index is 332. The fourth-order valence-electron chi connectivity index (χ4n) is 1.33. The molecule has 0 fully saturated rings. The van der Waals surface area contributed by atoms with Gasteiger partial charge in [-0.3, -0.25) is 4.79 Å². The Morgan fingerprint density at radius 1 is 1.38 bits per heavy atom. The van der Waals surface area contributed by atoms with Gasteiger partial charge in [0.05, 0.1) is 0 Å². The third-order valence-corrected chi connectivity index (χ3v) is 2.62. The first kappa shape index (κ1) is 13.2. The minimum atomic E-state index is -0.382. The molecule has 0 saturated carbocycles. The molecule has 88 valence electrons. The molecule has 1 aromatic rings. The summed E-state index contributed by atoms with van der Waals surface area (Å²) in [6.45, 7) is 4.51. The molecular formula is C13H17ClO2. The van der Waals surface area contributed by atoms with Crippen molar-refractivity contribution in [1.82, 2.24) is 0 Å². The van der Waals surface area contributed by atoms with Gasteiger partial charge in [-0.2, -0.15) is 0 Å². The molecule has 16 heavy (non-hydrogen) atoms. The maximum atomic E-state index is 11.9. The molecule has 2 nitrogen and oxygen atoms in total. The molecule has 0 aliphatic rings. The maximum absolute atomic E-state index is 11.9. The summed E-state index contributed by atoms with van der Waals surface area (Å²) in [6, 6.07) is 6.88. The zero-order valence-electron chi connectivity index (χ0n) is 9.70. The number of carbonyl (C=O) groups excluding carboxylic acids is 1. The number of carbonyl (C=O) groups is 1. The number of rotatable bonds is 6. The van der Waals surface area contributed by atoms with Crippen molar-refractivity contribution in [2.75, 3.05) is 6.61 Å². The number of unbranched alkanes of at least 4 members (excludes halogenated alkanes) is 1. The fourth-order valence-corrected chi connectivity index (χ4v) is 1.45. The second kappa shape index (κ2) is 6.66. The van der Waals surface area contributed by atoms with E-state index in [0.717, 1.165) is 12.8 Å². The molecule has 0 heterocycles. The van der Waals surface area contributed by atoms with Gasteiger partial charge in [-0.05, 0) is 37.6 Å². The van der Waals surface area contributed by atoms with Gasteiger partial charge < -0.3 is 4.74 Å². The van der Waals surface area contributed by atoms with E-state index in [0.29, 0.717) is 17.2 Å². The van der Waals surface area contributed by atoms with Crippen molar-refractivity contribution < 1.29 is 9.53 Å². The monoisotopic (exact) mass is 240 g/mol. The van der Waals surface area contributed by atoms with Crippen molar-refractivity contribution in [1.29, 1.82) is 0 Å². The quantitative estimate of drug-likeness (QED) is 0.560. The van der Waals surface area contributed by atoms with Crippen molar-refractivity contribution in [3.63, 3.8) is 0 Å². The number of halogens is 1. The number of hydrogen-bond donors (Lipinski definition) is 0. The van der Waals surface area contributed by atoms with Crippen LogP contribution >= 0.6 is 11.6 Å². The van der Waals surface area contributed by atoms with Gasteiger partial charge >= 0.3 is 0 Å². The summed E-state index contributed by atoms with van der Waals surface area (Å²) >= 11 is 5.76. The van der Waals surface area contributed by atoms with Crippen LogP contribution < -0.4 is 0 Å². The Balaban J connectivity index is 2.53. The molecular weight excluding hydrogens is 224 g/mol. The average Bonchev–Trinajstić information content (AvgIpc) is 2.29. The van der Waals surface area contributed by atoms with E-state index in [-0.39, 0.29) is 11.9 Å². The van der Waals surface area contributed by atoms with Crippen LogP contribution in [0.25, 0.3) is 0 Å². The number of ketones is 1. The summed E-state index contributed by atoms with van der Waals surface area (Å²) in [6.07, 6.45) is 1.67. The van der Waals surface area contributed by atoms with E-state index in [1.807, 2.05) is 0 Å². The topological polar surface area (TPSA) is 26.3 Å². The number of hydrogen-bond acceptors (Lipinski definition) is 2. The smallest absolute Gasteiger partial charge is 0.191 e. The summed E-state index contributed by atoms with van der Waals surface area (Å²) < 4.78 is 5.45. The average molecular weight is 241 g/mol. The molecule has 0 saturated heterocycles. The predicted molar refractivity (Wildman–Crippen MR) is 66.1 cm³/mol. The summed E-state index contributed by atoms with van der Waals surface area (Å²) in [7, 11) is 0. The molecule has 0 amide bonds. The van der Waals surface area contributed by atoms with Crippen molar-refractivity contribution in [3.8, 4) is 0 Å². The van der Waals surface area contributed by atoms with Gasteiger partial charge in [-0.15, -0.1) is 0 Å². The largest absolute Gasteiger partial charge is 0.370 e. The maximum Gasteiger partial charge on any atom is 0.191 e. The van der Waals surface area contributed by atoms with E-state index in [2.05, 4.69) is 6.92 Å². The van der Waals surface area contributed by atoms with Crippen LogP contribution in [0.1, 0.15) is 37.0 Å². The summed E-state index contributed by atoms with van der Waals surface area (Å²) in [5.41, 5.74) is 0.647. The zero-order valence-corrected chi connectivity index (χ0v) is 10.5. The second-order valence-corrected chi connectivity index (χ2v) is 4.17. The highest BCUT2D eigenvalue weighted by Crippen LogP contribution is 2.12. The first-order chi connectivity index (χ1) is 7.65. The molecule has 1 aromatic carbocycles. The first-order valence-electron chi connectivity index (χ1n) is 5.56. The van der Waals surface area contributed by atoms with E-state index < -0.39 is 0 Å². The highest BCUT2D eigenvalue weighted by Gasteiger charge is 2.14. The minimum absolute atomic E-state index is 0.00719. The van der Waals surface area contributed by atoms with Gasteiger partial charge in [0.25, 0.3) is 0 Å². The third-order valence-electron chi connectivity index (χ3n) is 2.36. The van der Waals surface area contributed by atoms with Crippen molar-refractivity contribution in [2.24, 2.45) is 0 Å². The van der Waals surface area contributed by atoms with Gasteiger partial charge in [-0.1, -0.05) is 24.9 Å². The van der Waals surface area contributed by atoms with E-state index >= 15 is 0 Å². The summed E-state index contributed by atoms with van der Waals surface area (Å²) in [5, 5.41) is 0.635. The Kier molecular flexibility index (Phi) is 5.50. The molecule has 0 spiro atoms. The lowest BCUT2D eigenvalue weighted by Gasteiger charge is -2.11. The molecule has 0 bridgehead atoms. The van der Waals surface area contributed by atoms with Crippen LogP contribution in [-0.2, 0) is 4.74 Å². The SMILES string of the molecule is CCCCOC(C)C(=O)c1ccc(Cl)cc1. The van der Waals surface area contributed by atoms with Crippen LogP contribution in [0.4, 0.5) is 0 Å². The first-order valence-corrected chi connectivity index (χ1v) is 5.94. The van der Waals surface area contributed by atoms with Crippen LogP contribution in [0.15, 0.2) is 24.3 Å². The Morgan fingerprint density at radius 3 is 2.56 bits per heavy atom. The molecule has 0 N–H and O–H groups in total. The Hall–Kier alpha value is -0.860. The van der Waals surface area contributed by atoms with Crippen molar-refractivity contribution in [2.45, 2.75) is 32.8 Å². The minimum Gasteiger partial charge on any atom is -0.370 e. The molecule has 1 unspecified atom stereocenters. The third kappa shape index (κ3) is 3.95. The highest BCUT2D eigenvalue weighted by molar-refractivity contribution is 6.30. The lowest BCUT2D eigenvalue weighted by Crippen LogP contribution is -2.21. The van der Waals surface area contributed by atoms with Crippen LogP contribution in [0.2, 0.25) is 5.02 Å². The van der Waals surface area contributed by atoms with Crippen LogP contribution in [0.3, 0.4) is 0 Å². The van der Waals surface area contributed by atoms with E-state index in [1.165, 1.54) is 0 Å². The lowest BCUT2D eigenvalue weighted by atomic mass is 10.1. The Labute approximate surface area is 102 Å². The highest BCUT2D eigenvalue weighted by atomic mass is 35.5. The van der Waals surface area contributed by atoms with E-state index in [4.69, 9.17) is 16.3 Å². The molecule has 1 rings (SSSR count). The lowest BCUT2D eigenvalue weighted by molar-refractivity contribution is 0.0468. The molecule has 0 aromatic heterocycles. The predicted octanol–water partition coefficient (Wildman–Crippen LogP) is 3.73. The van der Waals surface area contributed by atoms with Gasteiger partial charge in [0.15, 0.2) is 5.78 Å². The number of benzene rings is 1. The molecule has 0 aliphatic heterocycles. The standard InChI is InChI=1S/C13H17ClO2/c1-3-4-9-16-10(2)13(15)11-5-7-12(14)8-6-11/h5-8,10H,3-4,9H2,1-2H3. The van der Waals surface area contributed by atoms with Crippen molar-refractivity contribution in [3.05, 3.63) is 34.9 Å². The molecule has 1 atom stereocenters. The zero-order chi connectivity index (χ0) is 12.0. The van der Waals surface area contributed by atoms with Gasteiger partial charge in [0.1, 0.15) is 6.10 Å². The number of Topliss-reactive ketones (excluding diaryl/α,β-unsaturated/α-hetero) is 1. The number of ether oxygens (including phenoxy) is 1. The van der Waals surface area contributed by atoms with Gasteiger partial charge in [0.2, 0.25) is 0 Å². The fraction of sp³-hybridized carbons (Fsp3) is 0.462. The van der Waals surface area contributed by atoms with Crippen LogP contribution in [-0.4, -0.2) is 18.5 Å². The normalized spacial score (nSPS) is 12.4. The van der Waals surface area contributed by atoms with Crippen molar-refractivity contribution >= 4 is 17.4 Å². The summed E-state index contributed by atoms with van der Waals surface area (Å²) in [4.78, 5) is 11.9. The van der Waals surface area contributed by atoms with Gasteiger partial charge in [0, 0.05) is 17.2 Å². The van der Waals surface area contributed by atoms with E-state index in [1.54, 1.807) is 31.2 Å². The van der Waals surface area contributed by atoms with Crippen LogP contribution in [0.5, 0.6) is 0 Å². The Morgan fingerprint density at radius 2 is 2.00 bits per heavy atom. The molecule has 0 radical (unpaired) electrons. The second-order valence-electron chi connectivity index (χ2n) is 3.74. The van der Waals surface area contributed by atoms with Crippen LogP contribution in [0, 0.1) is 0 Å². The molecule has 3 heteroatoms.